The van der Waals surface area contributed by atoms with Crippen molar-refractivity contribution in [1.29, 1.82) is 0 Å². The molecule has 0 amide bonds. The molecule has 3 rings (SSSR count). The van der Waals surface area contributed by atoms with Crippen LogP contribution in [0.1, 0.15) is 101 Å². The lowest BCUT2D eigenvalue weighted by atomic mass is 9.66. The van der Waals surface area contributed by atoms with Gasteiger partial charge in [-0.2, -0.15) is 0 Å². The van der Waals surface area contributed by atoms with E-state index in [2.05, 4.69) is 92.2 Å². The van der Waals surface area contributed by atoms with E-state index in [0.717, 1.165) is 13.0 Å². The molecule has 1 heterocycles. The van der Waals surface area contributed by atoms with Gasteiger partial charge in [-0.05, 0) is 30.4 Å². The van der Waals surface area contributed by atoms with Crippen LogP contribution >= 0.6 is 0 Å². The summed E-state index contributed by atoms with van der Waals surface area (Å²) in [5, 5.41) is 0. The second-order valence-corrected chi connectivity index (χ2v) is 9.89. The standard InChI is InChI=1S/C31H44N2/c1-4-6-8-9-17-24-33-25-23-32-30(33)29(22-12-7-5-2)31(3,28-20-15-11-16-21-28)26-27-18-13-10-14-19-27/h10-11,13-16,18-21,23,25,29H,4-9,12,17,22,24,26H2,1-3H3. The van der Waals surface area contributed by atoms with Gasteiger partial charge in [-0.15, -0.1) is 0 Å². The molecule has 0 saturated heterocycles. The van der Waals surface area contributed by atoms with Crippen molar-refractivity contribution < 1.29 is 0 Å². The van der Waals surface area contributed by atoms with Crippen LogP contribution in [0, 0.1) is 0 Å². The second-order valence-electron chi connectivity index (χ2n) is 9.89. The van der Waals surface area contributed by atoms with Gasteiger partial charge in [0.25, 0.3) is 0 Å². The molecule has 2 aromatic carbocycles. The number of imidazole rings is 1. The van der Waals surface area contributed by atoms with Gasteiger partial charge >= 0.3 is 0 Å². The predicted molar refractivity (Wildman–Crippen MR) is 142 cm³/mol. The summed E-state index contributed by atoms with van der Waals surface area (Å²) < 4.78 is 2.47. The van der Waals surface area contributed by atoms with Gasteiger partial charge < -0.3 is 4.57 Å². The maximum atomic E-state index is 5.01. The summed E-state index contributed by atoms with van der Waals surface area (Å²) >= 11 is 0. The minimum absolute atomic E-state index is 0.0122. The summed E-state index contributed by atoms with van der Waals surface area (Å²) in [6.07, 6.45) is 16.8. The highest BCUT2D eigenvalue weighted by Gasteiger charge is 2.39. The van der Waals surface area contributed by atoms with Crippen molar-refractivity contribution in [2.24, 2.45) is 0 Å². The van der Waals surface area contributed by atoms with Gasteiger partial charge in [0.1, 0.15) is 5.82 Å². The first kappa shape index (κ1) is 25.3. The summed E-state index contributed by atoms with van der Waals surface area (Å²) in [7, 11) is 0. The number of nitrogens with zero attached hydrogens (tertiary/aromatic N) is 2. The Balaban J connectivity index is 1.94. The molecule has 0 aliphatic carbocycles. The number of rotatable bonds is 15. The molecule has 0 spiro atoms. The minimum atomic E-state index is -0.0122. The van der Waals surface area contributed by atoms with E-state index >= 15 is 0 Å². The summed E-state index contributed by atoms with van der Waals surface area (Å²) in [5.41, 5.74) is 2.82. The number of hydrogen-bond acceptors (Lipinski definition) is 1. The van der Waals surface area contributed by atoms with Crippen molar-refractivity contribution in [3.63, 3.8) is 0 Å². The molecular weight excluding hydrogens is 400 g/mol. The molecule has 2 heteroatoms. The summed E-state index contributed by atoms with van der Waals surface area (Å²) in [6, 6.07) is 22.2. The summed E-state index contributed by atoms with van der Waals surface area (Å²) in [6.45, 7) is 8.14. The Morgan fingerprint density at radius 1 is 0.788 bits per heavy atom. The number of aromatic nitrogens is 2. The van der Waals surface area contributed by atoms with Crippen molar-refractivity contribution in [3.05, 3.63) is 90.0 Å². The maximum absolute atomic E-state index is 5.01. The first-order valence-electron chi connectivity index (χ1n) is 13.3. The summed E-state index contributed by atoms with van der Waals surface area (Å²) in [4.78, 5) is 5.01. The Kier molecular flexibility index (Phi) is 10.2. The van der Waals surface area contributed by atoms with Gasteiger partial charge in [-0.25, -0.2) is 4.98 Å². The molecule has 0 radical (unpaired) electrons. The van der Waals surface area contributed by atoms with Crippen LogP contribution in [0.4, 0.5) is 0 Å². The Hall–Kier alpha value is -2.35. The number of benzene rings is 2. The van der Waals surface area contributed by atoms with Crippen molar-refractivity contribution in [3.8, 4) is 0 Å². The normalized spacial score (nSPS) is 14.2. The molecule has 0 N–H and O–H groups in total. The highest BCUT2D eigenvalue weighted by atomic mass is 15.1. The van der Waals surface area contributed by atoms with E-state index in [1.165, 1.54) is 74.7 Å². The van der Waals surface area contributed by atoms with Crippen LogP contribution in [0.2, 0.25) is 0 Å². The molecule has 0 bridgehead atoms. The highest BCUT2D eigenvalue weighted by Crippen LogP contribution is 2.44. The van der Waals surface area contributed by atoms with Crippen molar-refractivity contribution in [2.75, 3.05) is 0 Å². The van der Waals surface area contributed by atoms with Crippen molar-refractivity contribution >= 4 is 0 Å². The van der Waals surface area contributed by atoms with E-state index in [-0.39, 0.29) is 5.41 Å². The molecule has 2 nitrogen and oxygen atoms in total. The number of unbranched alkanes of at least 4 members (excludes halogenated alkanes) is 6. The molecule has 0 fully saturated rings. The van der Waals surface area contributed by atoms with E-state index in [1.807, 2.05) is 6.20 Å². The van der Waals surface area contributed by atoms with Crippen LogP contribution in [0.5, 0.6) is 0 Å². The molecule has 2 unspecified atom stereocenters. The van der Waals surface area contributed by atoms with E-state index in [0.29, 0.717) is 5.92 Å². The molecule has 1 aromatic heterocycles. The third kappa shape index (κ3) is 7.06. The quantitative estimate of drug-likeness (QED) is 0.214. The minimum Gasteiger partial charge on any atom is -0.335 e. The Labute approximate surface area is 202 Å². The van der Waals surface area contributed by atoms with Crippen molar-refractivity contribution in [1.82, 2.24) is 9.55 Å². The molecule has 0 saturated carbocycles. The van der Waals surface area contributed by atoms with Crippen LogP contribution in [0.3, 0.4) is 0 Å². The SMILES string of the molecule is CCCCCCCn1ccnc1C(CCCCC)C(C)(Cc1ccccc1)c1ccccc1. The fourth-order valence-corrected chi connectivity index (χ4v) is 5.30. The lowest BCUT2D eigenvalue weighted by Crippen LogP contribution is -2.35. The second kappa shape index (κ2) is 13.4. The fraction of sp³-hybridized carbons (Fsp3) is 0.516. The molecule has 178 valence electrons. The summed E-state index contributed by atoms with van der Waals surface area (Å²) in [5.74, 6) is 1.67. The largest absolute Gasteiger partial charge is 0.335 e. The van der Waals surface area contributed by atoms with Crippen molar-refractivity contribution in [2.45, 2.75) is 103 Å². The highest BCUT2D eigenvalue weighted by molar-refractivity contribution is 5.33. The van der Waals surface area contributed by atoms with E-state index in [4.69, 9.17) is 4.98 Å². The average Bonchev–Trinajstić information content (AvgIpc) is 3.31. The van der Waals surface area contributed by atoms with Crippen LogP contribution < -0.4 is 0 Å². The van der Waals surface area contributed by atoms with Gasteiger partial charge in [0, 0.05) is 30.3 Å². The van der Waals surface area contributed by atoms with Gasteiger partial charge in [-0.1, -0.05) is 126 Å². The van der Waals surface area contributed by atoms with E-state index in [1.54, 1.807) is 0 Å². The molecule has 33 heavy (non-hydrogen) atoms. The maximum Gasteiger partial charge on any atom is 0.112 e. The lowest BCUT2D eigenvalue weighted by molar-refractivity contribution is 0.322. The Bertz CT molecular complexity index is 899. The smallest absolute Gasteiger partial charge is 0.112 e. The molecule has 2 atom stereocenters. The Morgan fingerprint density at radius 3 is 2.12 bits per heavy atom. The fourth-order valence-electron chi connectivity index (χ4n) is 5.30. The molecular formula is C31H44N2. The first-order chi connectivity index (χ1) is 16.2. The van der Waals surface area contributed by atoms with Gasteiger partial charge in [0.15, 0.2) is 0 Å². The van der Waals surface area contributed by atoms with E-state index < -0.39 is 0 Å². The van der Waals surface area contributed by atoms with Crippen LogP contribution in [-0.4, -0.2) is 9.55 Å². The molecule has 0 aliphatic heterocycles. The van der Waals surface area contributed by atoms with Crippen LogP contribution in [0.15, 0.2) is 73.1 Å². The van der Waals surface area contributed by atoms with Crippen LogP contribution in [0.25, 0.3) is 0 Å². The van der Waals surface area contributed by atoms with Gasteiger partial charge in [-0.3, -0.25) is 0 Å². The van der Waals surface area contributed by atoms with Crippen LogP contribution in [-0.2, 0) is 18.4 Å². The number of aryl methyl sites for hydroxylation is 1. The molecule has 3 aromatic rings. The zero-order valence-corrected chi connectivity index (χ0v) is 21.2. The molecule has 0 aliphatic rings. The zero-order chi connectivity index (χ0) is 23.4. The van der Waals surface area contributed by atoms with Gasteiger partial charge in [0.2, 0.25) is 0 Å². The Morgan fingerprint density at radius 2 is 1.42 bits per heavy atom. The average molecular weight is 445 g/mol. The zero-order valence-electron chi connectivity index (χ0n) is 21.2. The van der Waals surface area contributed by atoms with Gasteiger partial charge in [0.05, 0.1) is 0 Å². The first-order valence-corrected chi connectivity index (χ1v) is 13.3. The third-order valence-electron chi connectivity index (χ3n) is 7.27. The lowest BCUT2D eigenvalue weighted by Gasteiger charge is -2.39. The van der Waals surface area contributed by atoms with E-state index in [9.17, 15) is 0 Å². The number of hydrogen-bond donors (Lipinski definition) is 0. The third-order valence-corrected chi connectivity index (χ3v) is 7.27. The monoisotopic (exact) mass is 444 g/mol. The topological polar surface area (TPSA) is 17.8 Å². The predicted octanol–water partition coefficient (Wildman–Crippen LogP) is 8.72.